The van der Waals surface area contributed by atoms with E-state index in [1.54, 1.807) is 13.0 Å². The molecule has 1 atom stereocenters. The maximum atomic E-state index is 11.7. The van der Waals surface area contributed by atoms with Gasteiger partial charge in [0, 0.05) is 18.5 Å². The van der Waals surface area contributed by atoms with E-state index in [0.29, 0.717) is 12.2 Å². The zero-order valence-electron chi connectivity index (χ0n) is 9.19. The molecule has 1 aliphatic rings. The Hall–Kier alpha value is -1.55. The summed E-state index contributed by atoms with van der Waals surface area (Å²) < 4.78 is 5.36. The highest BCUT2D eigenvalue weighted by Crippen LogP contribution is 2.25. The van der Waals surface area contributed by atoms with Crippen LogP contribution in [0.4, 0.5) is 0 Å². The summed E-state index contributed by atoms with van der Waals surface area (Å²) in [6.07, 6.45) is 0.328. The van der Waals surface area contributed by atoms with Crippen molar-refractivity contribution in [1.29, 1.82) is 0 Å². The molecule has 4 nitrogen and oxygen atoms in total. The maximum Gasteiger partial charge on any atom is 0.251 e. The molecule has 4 heteroatoms. The molecule has 0 radical (unpaired) electrons. The van der Waals surface area contributed by atoms with Gasteiger partial charge < -0.3 is 15.2 Å². The molecule has 1 amide bonds. The van der Waals surface area contributed by atoms with Gasteiger partial charge >= 0.3 is 0 Å². The van der Waals surface area contributed by atoms with Gasteiger partial charge in [0.2, 0.25) is 0 Å². The van der Waals surface area contributed by atoms with E-state index in [0.717, 1.165) is 17.7 Å². The summed E-state index contributed by atoms with van der Waals surface area (Å²) >= 11 is 0. The van der Waals surface area contributed by atoms with Crippen molar-refractivity contribution < 1.29 is 14.6 Å². The Kier molecular flexibility index (Phi) is 3.10. The molecular weight excluding hydrogens is 206 g/mol. The van der Waals surface area contributed by atoms with Crippen LogP contribution in [0.1, 0.15) is 22.8 Å². The number of ether oxygens (including phenoxy) is 1. The Bertz CT molecular complexity index is 401. The van der Waals surface area contributed by atoms with Gasteiger partial charge in [-0.1, -0.05) is 0 Å². The fourth-order valence-electron chi connectivity index (χ4n) is 1.67. The molecule has 0 spiro atoms. The molecular formula is C12H15NO3. The molecule has 1 heterocycles. The van der Waals surface area contributed by atoms with Crippen molar-refractivity contribution in [3.63, 3.8) is 0 Å². The molecule has 16 heavy (non-hydrogen) atoms. The summed E-state index contributed by atoms with van der Waals surface area (Å²) in [4.78, 5) is 11.7. The summed E-state index contributed by atoms with van der Waals surface area (Å²) in [5, 5.41) is 11.7. The van der Waals surface area contributed by atoms with E-state index < -0.39 is 6.10 Å². The lowest BCUT2D eigenvalue weighted by atomic mass is 10.1. The molecule has 1 aromatic carbocycles. The van der Waals surface area contributed by atoms with E-state index in [9.17, 15) is 4.79 Å². The molecule has 0 unspecified atom stereocenters. The van der Waals surface area contributed by atoms with E-state index in [1.807, 2.05) is 12.1 Å². The molecule has 0 saturated heterocycles. The van der Waals surface area contributed by atoms with Gasteiger partial charge in [-0.15, -0.1) is 0 Å². The number of nitrogens with one attached hydrogen (secondary N) is 1. The second-order valence-electron chi connectivity index (χ2n) is 3.98. The molecule has 0 saturated carbocycles. The standard InChI is InChI=1S/C12H15NO3/c1-8(14)7-13-12(15)10-2-3-11-9(6-10)4-5-16-11/h2-3,6,8,14H,4-5,7H2,1H3,(H,13,15)/t8-/m1/s1. The van der Waals surface area contributed by atoms with Crippen LogP contribution in [0.3, 0.4) is 0 Å². The Morgan fingerprint density at radius 1 is 1.62 bits per heavy atom. The van der Waals surface area contributed by atoms with Gasteiger partial charge in [0.25, 0.3) is 5.91 Å². The average Bonchev–Trinajstić information content (AvgIpc) is 2.72. The number of aliphatic hydroxyl groups excluding tert-OH is 1. The van der Waals surface area contributed by atoms with Gasteiger partial charge in [-0.3, -0.25) is 4.79 Å². The third-order valence-corrected chi connectivity index (χ3v) is 2.51. The Labute approximate surface area is 94.2 Å². The molecule has 0 fully saturated rings. The van der Waals surface area contributed by atoms with Crippen molar-refractivity contribution in [2.24, 2.45) is 0 Å². The number of benzene rings is 1. The van der Waals surface area contributed by atoms with Gasteiger partial charge in [-0.05, 0) is 30.7 Å². The summed E-state index contributed by atoms with van der Waals surface area (Å²) in [5.74, 6) is 0.711. The molecule has 0 aromatic heterocycles. The lowest BCUT2D eigenvalue weighted by Crippen LogP contribution is -2.30. The third kappa shape index (κ3) is 2.33. The first-order valence-corrected chi connectivity index (χ1v) is 5.39. The monoisotopic (exact) mass is 221 g/mol. The van der Waals surface area contributed by atoms with Crippen LogP contribution >= 0.6 is 0 Å². The molecule has 2 N–H and O–H groups in total. The number of fused-ring (bicyclic) bond motifs is 1. The quantitative estimate of drug-likeness (QED) is 0.791. The fraction of sp³-hybridized carbons (Fsp3) is 0.417. The second-order valence-corrected chi connectivity index (χ2v) is 3.98. The van der Waals surface area contributed by atoms with Crippen LogP contribution in [0.5, 0.6) is 5.75 Å². The van der Waals surface area contributed by atoms with E-state index in [2.05, 4.69) is 5.32 Å². The van der Waals surface area contributed by atoms with Crippen molar-refractivity contribution in [2.45, 2.75) is 19.4 Å². The highest BCUT2D eigenvalue weighted by molar-refractivity contribution is 5.94. The first-order valence-electron chi connectivity index (χ1n) is 5.39. The van der Waals surface area contributed by atoms with Crippen LogP contribution in [0.15, 0.2) is 18.2 Å². The van der Waals surface area contributed by atoms with Crippen LogP contribution in [0, 0.1) is 0 Å². The SMILES string of the molecule is C[C@@H](O)CNC(=O)c1ccc2c(c1)CCO2. The Balaban J connectivity index is 2.06. The Morgan fingerprint density at radius 3 is 3.19 bits per heavy atom. The fourth-order valence-corrected chi connectivity index (χ4v) is 1.67. The number of carbonyl (C=O) groups is 1. The number of rotatable bonds is 3. The normalized spacial score (nSPS) is 15.1. The van der Waals surface area contributed by atoms with Gasteiger partial charge in [0.05, 0.1) is 12.7 Å². The van der Waals surface area contributed by atoms with Crippen LogP contribution in [-0.4, -0.2) is 30.3 Å². The number of carbonyl (C=O) groups excluding carboxylic acids is 1. The highest BCUT2D eigenvalue weighted by Gasteiger charge is 2.14. The molecule has 1 aliphatic heterocycles. The predicted octanol–water partition coefficient (Wildman–Crippen LogP) is 0.732. The molecule has 2 rings (SSSR count). The number of amides is 1. The number of hydrogen-bond acceptors (Lipinski definition) is 3. The Morgan fingerprint density at radius 2 is 2.44 bits per heavy atom. The minimum absolute atomic E-state index is 0.157. The lowest BCUT2D eigenvalue weighted by Gasteiger charge is -2.07. The average molecular weight is 221 g/mol. The van der Waals surface area contributed by atoms with Crippen LogP contribution in [-0.2, 0) is 6.42 Å². The zero-order valence-corrected chi connectivity index (χ0v) is 9.19. The minimum atomic E-state index is -0.526. The number of hydrogen-bond donors (Lipinski definition) is 2. The van der Waals surface area contributed by atoms with E-state index >= 15 is 0 Å². The second kappa shape index (κ2) is 4.53. The van der Waals surface area contributed by atoms with E-state index in [1.165, 1.54) is 0 Å². The smallest absolute Gasteiger partial charge is 0.251 e. The summed E-state index contributed by atoms with van der Waals surface area (Å²) in [6.45, 7) is 2.59. The van der Waals surface area contributed by atoms with E-state index in [4.69, 9.17) is 9.84 Å². The van der Waals surface area contributed by atoms with Crippen LogP contribution < -0.4 is 10.1 Å². The largest absolute Gasteiger partial charge is 0.493 e. The lowest BCUT2D eigenvalue weighted by molar-refractivity contribution is 0.0924. The van der Waals surface area contributed by atoms with E-state index in [-0.39, 0.29) is 12.5 Å². The molecule has 86 valence electrons. The van der Waals surface area contributed by atoms with Crippen molar-refractivity contribution in [3.8, 4) is 5.75 Å². The summed E-state index contributed by atoms with van der Waals surface area (Å²) in [6, 6.07) is 5.40. The van der Waals surface area contributed by atoms with Crippen molar-refractivity contribution in [1.82, 2.24) is 5.32 Å². The first-order chi connectivity index (χ1) is 7.66. The van der Waals surface area contributed by atoms with Crippen molar-refractivity contribution in [3.05, 3.63) is 29.3 Å². The first kappa shape index (κ1) is 11.0. The number of aliphatic hydroxyl groups is 1. The summed E-state index contributed by atoms with van der Waals surface area (Å²) in [5.41, 5.74) is 1.69. The maximum absolute atomic E-state index is 11.7. The zero-order chi connectivity index (χ0) is 11.5. The van der Waals surface area contributed by atoms with Crippen molar-refractivity contribution in [2.75, 3.05) is 13.2 Å². The van der Waals surface area contributed by atoms with Crippen LogP contribution in [0.2, 0.25) is 0 Å². The molecule has 1 aromatic rings. The molecule has 0 bridgehead atoms. The third-order valence-electron chi connectivity index (χ3n) is 2.51. The van der Waals surface area contributed by atoms with Crippen LogP contribution in [0.25, 0.3) is 0 Å². The van der Waals surface area contributed by atoms with Gasteiger partial charge in [-0.2, -0.15) is 0 Å². The highest BCUT2D eigenvalue weighted by atomic mass is 16.5. The summed E-state index contributed by atoms with van der Waals surface area (Å²) in [7, 11) is 0. The van der Waals surface area contributed by atoms with Gasteiger partial charge in [0.1, 0.15) is 5.75 Å². The minimum Gasteiger partial charge on any atom is -0.493 e. The van der Waals surface area contributed by atoms with Crippen molar-refractivity contribution >= 4 is 5.91 Å². The topological polar surface area (TPSA) is 58.6 Å². The predicted molar refractivity (Wildman–Crippen MR) is 59.7 cm³/mol. The van der Waals surface area contributed by atoms with Gasteiger partial charge in [0.15, 0.2) is 0 Å². The molecule has 0 aliphatic carbocycles. The van der Waals surface area contributed by atoms with Gasteiger partial charge in [-0.25, -0.2) is 0 Å².